The molecule has 1 unspecified atom stereocenters. The molecule has 4 rings (SSSR count). The third-order valence-electron chi connectivity index (χ3n) is 6.03. The lowest BCUT2D eigenvalue weighted by molar-refractivity contribution is -0.117. The van der Waals surface area contributed by atoms with Gasteiger partial charge in [-0.05, 0) is 56.0 Å². The van der Waals surface area contributed by atoms with Crippen molar-refractivity contribution in [3.63, 3.8) is 0 Å². The number of nitrogens with zero attached hydrogens (tertiary/aromatic N) is 2. The molecule has 2 aliphatic rings. The number of ether oxygens (including phenoxy) is 1. The molecule has 31 heavy (non-hydrogen) atoms. The van der Waals surface area contributed by atoms with Crippen LogP contribution >= 0.6 is 0 Å². The Hall–Kier alpha value is -2.58. The smallest absolute Gasteiger partial charge is 0.246 e. The summed E-state index contributed by atoms with van der Waals surface area (Å²) in [6.07, 6.45) is 3.64. The molecule has 2 aromatic rings. The Balaban J connectivity index is 1.53. The van der Waals surface area contributed by atoms with Crippen molar-refractivity contribution in [1.29, 1.82) is 0 Å². The molecule has 2 aliphatic heterocycles. The van der Waals surface area contributed by atoms with Crippen LogP contribution in [0.1, 0.15) is 31.7 Å². The maximum absolute atomic E-state index is 13.0. The largest absolute Gasteiger partial charge is 0.495 e. The highest BCUT2D eigenvalue weighted by molar-refractivity contribution is 7.89. The number of para-hydroxylation sites is 1. The van der Waals surface area contributed by atoms with Gasteiger partial charge < -0.3 is 15.0 Å². The van der Waals surface area contributed by atoms with Crippen LogP contribution in [-0.4, -0.2) is 51.4 Å². The van der Waals surface area contributed by atoms with Gasteiger partial charge in [0.05, 0.1) is 24.2 Å². The van der Waals surface area contributed by atoms with Crippen LogP contribution in [0.5, 0.6) is 5.75 Å². The average Bonchev–Trinajstić information content (AvgIpc) is 3.13. The molecule has 1 atom stereocenters. The summed E-state index contributed by atoms with van der Waals surface area (Å²) in [5.41, 5.74) is 2.60. The number of piperidine rings is 1. The monoisotopic (exact) mass is 443 g/mol. The number of hydrogen-bond acceptors (Lipinski definition) is 5. The van der Waals surface area contributed by atoms with Gasteiger partial charge in [-0.1, -0.05) is 24.6 Å². The van der Waals surface area contributed by atoms with Gasteiger partial charge >= 0.3 is 0 Å². The van der Waals surface area contributed by atoms with Crippen LogP contribution in [0.3, 0.4) is 0 Å². The summed E-state index contributed by atoms with van der Waals surface area (Å²) in [6.45, 7) is 3.16. The third-order valence-corrected chi connectivity index (χ3v) is 7.92. The van der Waals surface area contributed by atoms with Crippen molar-refractivity contribution >= 4 is 27.3 Å². The van der Waals surface area contributed by atoms with Gasteiger partial charge in [0.2, 0.25) is 15.9 Å². The molecule has 1 saturated heterocycles. The molecule has 0 bridgehead atoms. The first-order valence-electron chi connectivity index (χ1n) is 10.7. The molecule has 0 radical (unpaired) electrons. The first kappa shape index (κ1) is 21.6. The second kappa shape index (κ2) is 8.88. The standard InChI is InChI=1S/C23H29N3O4S/c1-17-14-18-8-4-5-9-21(18)26(17)23(27)16-24-20-15-19(10-11-22(20)30-2)31(28,29)25-12-6-3-7-13-25/h4-5,8-11,15,17,24H,3,6-7,12-14,16H2,1-2H3. The highest BCUT2D eigenvalue weighted by Gasteiger charge is 2.31. The topological polar surface area (TPSA) is 79.0 Å². The number of hydrogen-bond donors (Lipinski definition) is 1. The molecule has 1 fully saturated rings. The number of carbonyl (C=O) groups excluding carboxylic acids is 1. The lowest BCUT2D eigenvalue weighted by Gasteiger charge is -2.26. The average molecular weight is 444 g/mol. The number of carbonyl (C=O) groups is 1. The van der Waals surface area contributed by atoms with Crippen LogP contribution in [-0.2, 0) is 21.2 Å². The molecule has 0 spiro atoms. The van der Waals surface area contributed by atoms with Crippen LogP contribution in [0.25, 0.3) is 0 Å². The number of sulfonamides is 1. The fourth-order valence-corrected chi connectivity index (χ4v) is 5.99. The molecule has 0 aliphatic carbocycles. The van der Waals surface area contributed by atoms with E-state index in [9.17, 15) is 13.2 Å². The van der Waals surface area contributed by atoms with E-state index in [1.807, 2.05) is 36.1 Å². The zero-order chi connectivity index (χ0) is 22.0. The number of rotatable bonds is 6. The van der Waals surface area contributed by atoms with Gasteiger partial charge in [-0.2, -0.15) is 4.31 Å². The molecule has 8 heteroatoms. The van der Waals surface area contributed by atoms with E-state index < -0.39 is 10.0 Å². The quantitative estimate of drug-likeness (QED) is 0.741. The number of benzene rings is 2. The lowest BCUT2D eigenvalue weighted by atomic mass is 10.1. The first-order valence-corrected chi connectivity index (χ1v) is 12.2. The fraction of sp³-hybridized carbons (Fsp3) is 0.435. The van der Waals surface area contributed by atoms with E-state index in [1.54, 1.807) is 18.2 Å². The second-order valence-corrected chi connectivity index (χ2v) is 10.1. The Bertz CT molecular complexity index is 1060. The van der Waals surface area contributed by atoms with Crippen molar-refractivity contribution < 1.29 is 17.9 Å². The predicted molar refractivity (Wildman–Crippen MR) is 121 cm³/mol. The number of anilines is 2. The van der Waals surface area contributed by atoms with E-state index in [0.29, 0.717) is 24.5 Å². The van der Waals surface area contributed by atoms with Crippen molar-refractivity contribution in [2.75, 3.05) is 37.0 Å². The van der Waals surface area contributed by atoms with Gasteiger partial charge in [0.1, 0.15) is 5.75 Å². The van der Waals surface area contributed by atoms with Gasteiger partial charge in [-0.3, -0.25) is 4.79 Å². The Labute approximate surface area is 184 Å². The zero-order valence-corrected chi connectivity index (χ0v) is 18.8. The number of fused-ring (bicyclic) bond motifs is 1. The molecule has 166 valence electrons. The summed E-state index contributed by atoms with van der Waals surface area (Å²) in [5, 5.41) is 3.11. The van der Waals surface area contributed by atoms with E-state index in [-0.39, 0.29) is 23.4 Å². The van der Waals surface area contributed by atoms with Gasteiger partial charge in [0.25, 0.3) is 0 Å². The van der Waals surface area contributed by atoms with Crippen molar-refractivity contribution in [2.45, 2.75) is 43.5 Å². The summed E-state index contributed by atoms with van der Waals surface area (Å²) < 4.78 is 33.0. The first-order chi connectivity index (χ1) is 14.9. The van der Waals surface area contributed by atoms with Gasteiger partial charge in [0.15, 0.2) is 0 Å². The van der Waals surface area contributed by atoms with Gasteiger partial charge in [0, 0.05) is 24.8 Å². The van der Waals surface area contributed by atoms with Gasteiger partial charge in [-0.25, -0.2) is 8.42 Å². The van der Waals surface area contributed by atoms with Crippen molar-refractivity contribution in [3.8, 4) is 5.75 Å². The van der Waals surface area contributed by atoms with E-state index in [1.165, 1.54) is 11.4 Å². The summed E-state index contributed by atoms with van der Waals surface area (Å²) in [7, 11) is -2.04. The third kappa shape index (κ3) is 4.27. The number of nitrogens with one attached hydrogen (secondary N) is 1. The number of methoxy groups -OCH3 is 1. The summed E-state index contributed by atoms with van der Waals surface area (Å²) in [4.78, 5) is 15.0. The maximum Gasteiger partial charge on any atom is 0.246 e. The van der Waals surface area contributed by atoms with Crippen LogP contribution in [0.4, 0.5) is 11.4 Å². The van der Waals surface area contributed by atoms with E-state index in [4.69, 9.17) is 4.74 Å². The van der Waals surface area contributed by atoms with Crippen molar-refractivity contribution in [2.24, 2.45) is 0 Å². The Morgan fingerprint density at radius 3 is 2.61 bits per heavy atom. The lowest BCUT2D eigenvalue weighted by Crippen LogP contribution is -2.39. The normalized spacial score (nSPS) is 19.2. The van der Waals surface area contributed by atoms with Crippen LogP contribution < -0.4 is 15.0 Å². The van der Waals surface area contributed by atoms with E-state index in [0.717, 1.165) is 36.9 Å². The highest BCUT2D eigenvalue weighted by Crippen LogP contribution is 2.33. The molecule has 2 heterocycles. The van der Waals surface area contributed by atoms with Crippen LogP contribution in [0.15, 0.2) is 47.4 Å². The predicted octanol–water partition coefficient (Wildman–Crippen LogP) is 3.26. The molecular formula is C23H29N3O4S. The molecule has 2 aromatic carbocycles. The van der Waals surface area contributed by atoms with Gasteiger partial charge in [-0.15, -0.1) is 0 Å². The SMILES string of the molecule is COc1ccc(S(=O)(=O)N2CCCCC2)cc1NCC(=O)N1c2ccccc2CC1C. The molecular weight excluding hydrogens is 414 g/mol. The summed E-state index contributed by atoms with van der Waals surface area (Å²) in [6, 6.07) is 12.8. The van der Waals surface area contributed by atoms with Crippen molar-refractivity contribution in [3.05, 3.63) is 48.0 Å². The molecule has 1 amide bonds. The van der Waals surface area contributed by atoms with E-state index in [2.05, 4.69) is 5.32 Å². The minimum absolute atomic E-state index is 0.0439. The Morgan fingerprint density at radius 1 is 1.13 bits per heavy atom. The molecule has 7 nitrogen and oxygen atoms in total. The van der Waals surface area contributed by atoms with Crippen molar-refractivity contribution in [1.82, 2.24) is 4.31 Å². The summed E-state index contributed by atoms with van der Waals surface area (Å²) in [5.74, 6) is 0.434. The molecule has 0 saturated carbocycles. The minimum Gasteiger partial charge on any atom is -0.495 e. The second-order valence-electron chi connectivity index (χ2n) is 8.13. The highest BCUT2D eigenvalue weighted by atomic mass is 32.2. The fourth-order valence-electron chi connectivity index (χ4n) is 4.44. The minimum atomic E-state index is -3.57. The van der Waals surface area contributed by atoms with E-state index >= 15 is 0 Å². The van der Waals surface area contributed by atoms with Crippen LogP contribution in [0.2, 0.25) is 0 Å². The summed E-state index contributed by atoms with van der Waals surface area (Å²) >= 11 is 0. The Kier molecular flexibility index (Phi) is 6.20. The van der Waals surface area contributed by atoms with Crippen LogP contribution in [0, 0.1) is 0 Å². The molecule has 1 N–H and O–H groups in total. The molecule has 0 aromatic heterocycles. The number of amides is 1. The zero-order valence-electron chi connectivity index (χ0n) is 18.0. The Morgan fingerprint density at radius 2 is 1.87 bits per heavy atom. The maximum atomic E-state index is 13.0.